The summed E-state index contributed by atoms with van der Waals surface area (Å²) in [5.74, 6) is 0. The summed E-state index contributed by atoms with van der Waals surface area (Å²) in [7, 11) is 0. The minimum absolute atomic E-state index is 0.656. The third-order valence-electron chi connectivity index (χ3n) is 3.76. The summed E-state index contributed by atoms with van der Waals surface area (Å²) in [5, 5.41) is 3.69. The molecule has 0 aromatic carbocycles. The lowest BCUT2D eigenvalue weighted by molar-refractivity contribution is 0.242. The standard InChI is InChI=1S/C12H22N2/c1-4-9(2)14-8-12-6-5-11(13-12)7-10(14)3/h9,11-13H,3-8H2,1-2H3. The molecule has 80 valence electrons. The highest BCUT2D eigenvalue weighted by Crippen LogP contribution is 2.27. The molecule has 1 N–H and O–H groups in total. The third-order valence-corrected chi connectivity index (χ3v) is 3.76. The molecule has 0 aromatic heterocycles. The number of fused-ring (bicyclic) bond motifs is 2. The van der Waals surface area contributed by atoms with E-state index in [1.165, 1.54) is 31.5 Å². The van der Waals surface area contributed by atoms with Crippen molar-refractivity contribution >= 4 is 0 Å². The topological polar surface area (TPSA) is 15.3 Å². The maximum atomic E-state index is 4.23. The molecule has 0 spiro atoms. The third kappa shape index (κ3) is 1.81. The van der Waals surface area contributed by atoms with E-state index < -0.39 is 0 Å². The molecule has 0 saturated carbocycles. The van der Waals surface area contributed by atoms with E-state index in [-0.39, 0.29) is 0 Å². The van der Waals surface area contributed by atoms with Gasteiger partial charge in [-0.1, -0.05) is 13.5 Å². The highest BCUT2D eigenvalue weighted by Gasteiger charge is 2.31. The maximum absolute atomic E-state index is 4.23. The number of nitrogens with one attached hydrogen (secondary N) is 1. The molecule has 2 aliphatic rings. The zero-order chi connectivity index (χ0) is 10.1. The molecule has 2 rings (SSSR count). The predicted molar refractivity (Wildman–Crippen MR) is 60.2 cm³/mol. The molecule has 2 fully saturated rings. The van der Waals surface area contributed by atoms with E-state index in [0.717, 1.165) is 6.42 Å². The summed E-state index contributed by atoms with van der Waals surface area (Å²) in [6.45, 7) is 9.97. The highest BCUT2D eigenvalue weighted by molar-refractivity contribution is 5.06. The lowest BCUT2D eigenvalue weighted by Crippen LogP contribution is -2.38. The van der Waals surface area contributed by atoms with Crippen molar-refractivity contribution in [2.45, 2.75) is 57.7 Å². The number of nitrogens with zero attached hydrogens (tertiary/aromatic N) is 1. The van der Waals surface area contributed by atoms with E-state index in [0.29, 0.717) is 18.1 Å². The molecule has 3 unspecified atom stereocenters. The van der Waals surface area contributed by atoms with E-state index in [2.05, 4.69) is 30.6 Å². The highest BCUT2D eigenvalue weighted by atomic mass is 15.2. The van der Waals surface area contributed by atoms with Crippen LogP contribution >= 0.6 is 0 Å². The molecular formula is C12H22N2. The van der Waals surface area contributed by atoms with Crippen molar-refractivity contribution < 1.29 is 0 Å². The Hall–Kier alpha value is -0.500. The van der Waals surface area contributed by atoms with Gasteiger partial charge in [-0.05, 0) is 26.2 Å². The first-order valence-electron chi connectivity index (χ1n) is 5.91. The smallest absolute Gasteiger partial charge is 0.0331 e. The lowest BCUT2D eigenvalue weighted by Gasteiger charge is -2.33. The summed E-state index contributed by atoms with van der Waals surface area (Å²) < 4.78 is 0. The Labute approximate surface area is 87.4 Å². The average molecular weight is 194 g/mol. The van der Waals surface area contributed by atoms with Gasteiger partial charge in [-0.3, -0.25) is 0 Å². The van der Waals surface area contributed by atoms with Crippen molar-refractivity contribution in [1.29, 1.82) is 0 Å². The molecule has 2 saturated heterocycles. The maximum Gasteiger partial charge on any atom is 0.0331 e. The molecule has 0 amide bonds. The van der Waals surface area contributed by atoms with Crippen LogP contribution in [0.15, 0.2) is 12.3 Å². The largest absolute Gasteiger partial charge is 0.371 e. The van der Waals surface area contributed by atoms with E-state index >= 15 is 0 Å². The molecule has 2 heterocycles. The molecule has 2 bridgehead atoms. The van der Waals surface area contributed by atoms with Crippen LogP contribution in [0.5, 0.6) is 0 Å². The van der Waals surface area contributed by atoms with Crippen LogP contribution in [-0.4, -0.2) is 29.6 Å². The van der Waals surface area contributed by atoms with Gasteiger partial charge in [-0.25, -0.2) is 0 Å². The van der Waals surface area contributed by atoms with E-state index in [4.69, 9.17) is 0 Å². The van der Waals surface area contributed by atoms with Gasteiger partial charge in [-0.2, -0.15) is 0 Å². The van der Waals surface area contributed by atoms with Crippen LogP contribution in [0.4, 0.5) is 0 Å². The minimum atomic E-state index is 0.656. The Kier molecular flexibility index (Phi) is 2.82. The van der Waals surface area contributed by atoms with E-state index in [1.54, 1.807) is 0 Å². The molecule has 0 aliphatic carbocycles. The van der Waals surface area contributed by atoms with Gasteiger partial charge in [-0.15, -0.1) is 0 Å². The fourth-order valence-electron chi connectivity index (χ4n) is 2.69. The quantitative estimate of drug-likeness (QED) is 0.724. The van der Waals surface area contributed by atoms with Crippen LogP contribution in [0.25, 0.3) is 0 Å². The minimum Gasteiger partial charge on any atom is -0.371 e. The first-order valence-corrected chi connectivity index (χ1v) is 5.91. The van der Waals surface area contributed by atoms with Gasteiger partial charge in [0.2, 0.25) is 0 Å². The van der Waals surface area contributed by atoms with Gasteiger partial charge in [0.05, 0.1) is 0 Å². The van der Waals surface area contributed by atoms with Gasteiger partial charge in [0.15, 0.2) is 0 Å². The predicted octanol–water partition coefficient (Wildman–Crippen LogP) is 2.12. The Bertz CT molecular complexity index is 224. The first kappa shape index (κ1) is 10.0. The van der Waals surface area contributed by atoms with Crippen LogP contribution in [0.1, 0.15) is 39.5 Å². The van der Waals surface area contributed by atoms with Crippen LogP contribution in [0, 0.1) is 0 Å². The first-order chi connectivity index (χ1) is 6.70. The number of rotatable bonds is 2. The molecule has 0 aromatic rings. The van der Waals surface area contributed by atoms with Gasteiger partial charge in [0, 0.05) is 36.8 Å². The van der Waals surface area contributed by atoms with Gasteiger partial charge < -0.3 is 10.2 Å². The zero-order valence-electron chi connectivity index (χ0n) is 9.42. The Morgan fingerprint density at radius 3 is 2.93 bits per heavy atom. The normalized spacial score (nSPS) is 34.4. The van der Waals surface area contributed by atoms with Crippen LogP contribution in [0.3, 0.4) is 0 Å². The summed E-state index contributed by atoms with van der Waals surface area (Å²) in [6.07, 6.45) is 5.07. The summed E-state index contributed by atoms with van der Waals surface area (Å²) >= 11 is 0. The molecule has 2 heteroatoms. The van der Waals surface area contributed by atoms with Crippen molar-refractivity contribution in [1.82, 2.24) is 10.2 Å². The Morgan fingerprint density at radius 1 is 1.50 bits per heavy atom. The second kappa shape index (κ2) is 3.93. The van der Waals surface area contributed by atoms with Crippen molar-refractivity contribution in [3.05, 3.63) is 12.3 Å². The molecule has 2 nitrogen and oxygen atoms in total. The summed E-state index contributed by atoms with van der Waals surface area (Å²) in [4.78, 5) is 2.51. The molecule has 3 atom stereocenters. The molecular weight excluding hydrogens is 172 g/mol. The van der Waals surface area contributed by atoms with E-state index in [9.17, 15) is 0 Å². The number of likely N-dealkylation sites (tertiary alicyclic amines) is 1. The number of hydrogen-bond acceptors (Lipinski definition) is 2. The summed E-state index contributed by atoms with van der Waals surface area (Å²) in [5.41, 5.74) is 1.35. The average Bonchev–Trinajstić information content (AvgIpc) is 2.52. The van der Waals surface area contributed by atoms with Crippen molar-refractivity contribution in [2.75, 3.05) is 6.54 Å². The monoisotopic (exact) mass is 194 g/mol. The summed E-state index contributed by atoms with van der Waals surface area (Å²) in [6, 6.07) is 2.08. The van der Waals surface area contributed by atoms with Crippen LogP contribution in [0.2, 0.25) is 0 Å². The van der Waals surface area contributed by atoms with Crippen LogP contribution in [-0.2, 0) is 0 Å². The Balaban J connectivity index is 2.06. The number of hydrogen-bond donors (Lipinski definition) is 1. The second-order valence-electron chi connectivity index (χ2n) is 4.82. The molecule has 14 heavy (non-hydrogen) atoms. The second-order valence-corrected chi connectivity index (χ2v) is 4.82. The fourth-order valence-corrected chi connectivity index (χ4v) is 2.69. The van der Waals surface area contributed by atoms with Gasteiger partial charge in [0.25, 0.3) is 0 Å². The van der Waals surface area contributed by atoms with Crippen molar-refractivity contribution in [2.24, 2.45) is 0 Å². The Morgan fingerprint density at radius 2 is 2.21 bits per heavy atom. The zero-order valence-corrected chi connectivity index (χ0v) is 9.42. The van der Waals surface area contributed by atoms with Crippen LogP contribution < -0.4 is 5.32 Å². The molecule has 2 aliphatic heterocycles. The fraction of sp³-hybridized carbons (Fsp3) is 0.833. The van der Waals surface area contributed by atoms with Crippen molar-refractivity contribution in [3.63, 3.8) is 0 Å². The lowest BCUT2D eigenvalue weighted by atomic mass is 10.0. The van der Waals surface area contributed by atoms with Gasteiger partial charge in [0.1, 0.15) is 0 Å². The van der Waals surface area contributed by atoms with E-state index in [1.807, 2.05) is 0 Å². The van der Waals surface area contributed by atoms with Crippen molar-refractivity contribution in [3.8, 4) is 0 Å². The van der Waals surface area contributed by atoms with Gasteiger partial charge >= 0.3 is 0 Å². The molecule has 0 radical (unpaired) electrons. The SMILES string of the molecule is C=C1CC2CCC(CN1C(C)CC)N2.